The van der Waals surface area contributed by atoms with Crippen LogP contribution in [0.5, 0.6) is 0 Å². The number of alkyl halides is 2. The van der Waals surface area contributed by atoms with Gasteiger partial charge in [0.05, 0.1) is 12.5 Å². The average molecular weight is 219 g/mol. The number of hydrogen-bond donors (Lipinski definition) is 1. The summed E-state index contributed by atoms with van der Waals surface area (Å²) >= 11 is 0. The number of hydrogen-bond acceptors (Lipinski definition) is 2. The number of halogens is 2. The Bertz CT molecular complexity index is 205. The molecule has 1 saturated heterocycles. The minimum Gasteiger partial charge on any atom is -0.381 e. The highest BCUT2D eigenvalue weighted by Crippen LogP contribution is 2.48. The molecular formula is C11H19F2NO. The first-order chi connectivity index (χ1) is 7.18. The Kier molecular flexibility index (Phi) is 3.57. The smallest absolute Gasteiger partial charge is 0.253 e. The van der Waals surface area contributed by atoms with E-state index in [0.29, 0.717) is 12.6 Å². The van der Waals surface area contributed by atoms with Crippen LogP contribution in [-0.2, 0) is 4.74 Å². The summed E-state index contributed by atoms with van der Waals surface area (Å²) in [5.74, 6) is -2.93. The van der Waals surface area contributed by atoms with Crippen molar-refractivity contribution >= 4 is 0 Å². The van der Waals surface area contributed by atoms with E-state index in [1.165, 1.54) is 19.3 Å². The third-order valence-corrected chi connectivity index (χ3v) is 3.30. The Morgan fingerprint density at radius 2 is 2.13 bits per heavy atom. The molecule has 0 amide bonds. The van der Waals surface area contributed by atoms with Gasteiger partial charge in [0.25, 0.3) is 5.92 Å². The molecule has 0 aromatic carbocycles. The Balaban J connectivity index is 1.48. The summed E-state index contributed by atoms with van der Waals surface area (Å²) in [5, 5.41) is 3.41. The molecule has 2 unspecified atom stereocenters. The van der Waals surface area contributed by atoms with Crippen molar-refractivity contribution in [2.45, 2.75) is 44.1 Å². The number of nitrogens with one attached hydrogen (secondary N) is 1. The minimum atomic E-state index is -2.43. The maximum absolute atomic E-state index is 12.5. The molecule has 0 radical (unpaired) electrons. The maximum atomic E-state index is 12.5. The summed E-state index contributed by atoms with van der Waals surface area (Å²) in [6.07, 6.45) is 4.71. The van der Waals surface area contributed by atoms with E-state index < -0.39 is 11.8 Å². The van der Waals surface area contributed by atoms with Crippen LogP contribution in [0.15, 0.2) is 0 Å². The molecule has 0 aromatic rings. The third kappa shape index (κ3) is 3.38. The molecule has 88 valence electrons. The van der Waals surface area contributed by atoms with Crippen LogP contribution >= 0.6 is 0 Å². The summed E-state index contributed by atoms with van der Waals surface area (Å²) in [6, 6.07) is 0.540. The van der Waals surface area contributed by atoms with Crippen molar-refractivity contribution in [3.63, 3.8) is 0 Å². The first-order valence-corrected chi connectivity index (χ1v) is 5.87. The van der Waals surface area contributed by atoms with E-state index in [1.807, 2.05) is 0 Å². The predicted octanol–water partition coefficient (Wildman–Crippen LogP) is 2.19. The first-order valence-electron chi connectivity index (χ1n) is 5.87. The molecule has 1 heterocycles. The van der Waals surface area contributed by atoms with E-state index in [1.54, 1.807) is 0 Å². The highest BCUT2D eigenvalue weighted by Gasteiger charge is 2.56. The van der Waals surface area contributed by atoms with Gasteiger partial charge in [-0.1, -0.05) is 6.42 Å². The van der Waals surface area contributed by atoms with Crippen LogP contribution in [-0.4, -0.2) is 31.7 Å². The monoisotopic (exact) mass is 219 g/mol. The van der Waals surface area contributed by atoms with Gasteiger partial charge in [0, 0.05) is 19.1 Å². The van der Waals surface area contributed by atoms with Crippen LogP contribution in [0.3, 0.4) is 0 Å². The summed E-state index contributed by atoms with van der Waals surface area (Å²) < 4.78 is 30.2. The maximum Gasteiger partial charge on any atom is 0.253 e. The Morgan fingerprint density at radius 3 is 2.73 bits per heavy atom. The van der Waals surface area contributed by atoms with Crippen LogP contribution in [0, 0.1) is 5.92 Å². The molecule has 2 rings (SSSR count). The van der Waals surface area contributed by atoms with Gasteiger partial charge in [0.15, 0.2) is 0 Å². The molecule has 2 atom stereocenters. The Morgan fingerprint density at radius 1 is 1.33 bits per heavy atom. The second-order valence-electron chi connectivity index (χ2n) is 4.67. The SMILES string of the molecule is FC1(F)CC1COCCC1CCCCN1. The van der Waals surface area contributed by atoms with E-state index in [2.05, 4.69) is 5.32 Å². The van der Waals surface area contributed by atoms with Gasteiger partial charge in [-0.2, -0.15) is 0 Å². The average Bonchev–Trinajstić information content (AvgIpc) is 2.83. The van der Waals surface area contributed by atoms with Crippen molar-refractivity contribution in [3.05, 3.63) is 0 Å². The second kappa shape index (κ2) is 4.74. The zero-order chi connectivity index (χ0) is 10.7. The molecule has 1 aliphatic carbocycles. The summed E-state index contributed by atoms with van der Waals surface area (Å²) in [5.41, 5.74) is 0. The van der Waals surface area contributed by atoms with Gasteiger partial charge in [-0.3, -0.25) is 0 Å². The summed E-state index contributed by atoms with van der Waals surface area (Å²) in [6.45, 7) is 1.94. The highest BCUT2D eigenvalue weighted by atomic mass is 19.3. The minimum absolute atomic E-state index is 0.0225. The fraction of sp³-hybridized carbons (Fsp3) is 1.00. The molecule has 0 aromatic heterocycles. The largest absolute Gasteiger partial charge is 0.381 e. The van der Waals surface area contributed by atoms with E-state index in [-0.39, 0.29) is 13.0 Å². The molecule has 0 spiro atoms. The molecule has 2 nitrogen and oxygen atoms in total. The highest BCUT2D eigenvalue weighted by molar-refractivity contribution is 4.94. The van der Waals surface area contributed by atoms with Crippen molar-refractivity contribution in [1.29, 1.82) is 0 Å². The Labute approximate surface area is 89.4 Å². The van der Waals surface area contributed by atoms with Gasteiger partial charge in [0.1, 0.15) is 0 Å². The number of ether oxygens (including phenoxy) is 1. The van der Waals surface area contributed by atoms with Gasteiger partial charge in [-0.25, -0.2) is 8.78 Å². The molecule has 15 heavy (non-hydrogen) atoms. The van der Waals surface area contributed by atoms with Crippen molar-refractivity contribution < 1.29 is 13.5 Å². The third-order valence-electron chi connectivity index (χ3n) is 3.30. The zero-order valence-electron chi connectivity index (χ0n) is 8.98. The van der Waals surface area contributed by atoms with Crippen molar-refractivity contribution in [3.8, 4) is 0 Å². The van der Waals surface area contributed by atoms with E-state index in [4.69, 9.17) is 4.74 Å². The molecule has 2 fully saturated rings. The first kappa shape index (κ1) is 11.3. The lowest BCUT2D eigenvalue weighted by Crippen LogP contribution is -2.34. The van der Waals surface area contributed by atoms with Gasteiger partial charge >= 0.3 is 0 Å². The topological polar surface area (TPSA) is 21.3 Å². The number of rotatable bonds is 5. The molecular weight excluding hydrogens is 200 g/mol. The van der Waals surface area contributed by atoms with Gasteiger partial charge in [-0.15, -0.1) is 0 Å². The van der Waals surface area contributed by atoms with Crippen LogP contribution in [0.2, 0.25) is 0 Å². The molecule has 2 aliphatic rings. The van der Waals surface area contributed by atoms with Crippen LogP contribution in [0.4, 0.5) is 8.78 Å². The van der Waals surface area contributed by atoms with Crippen LogP contribution in [0.25, 0.3) is 0 Å². The molecule has 1 saturated carbocycles. The van der Waals surface area contributed by atoms with Gasteiger partial charge in [-0.05, 0) is 25.8 Å². The summed E-state index contributed by atoms with van der Waals surface area (Å²) in [7, 11) is 0. The molecule has 4 heteroatoms. The lowest BCUT2D eigenvalue weighted by atomic mass is 10.0. The van der Waals surface area contributed by atoms with E-state index in [9.17, 15) is 8.78 Å². The Hall–Kier alpha value is -0.220. The molecule has 1 N–H and O–H groups in total. The summed E-state index contributed by atoms with van der Waals surface area (Å²) in [4.78, 5) is 0. The van der Waals surface area contributed by atoms with E-state index in [0.717, 1.165) is 13.0 Å². The lowest BCUT2D eigenvalue weighted by molar-refractivity contribution is 0.0514. The standard InChI is InChI=1S/C11H19F2NO/c12-11(13)7-9(11)8-15-6-4-10-3-1-2-5-14-10/h9-10,14H,1-8H2. The van der Waals surface area contributed by atoms with Crippen molar-refractivity contribution in [1.82, 2.24) is 5.32 Å². The predicted molar refractivity (Wildman–Crippen MR) is 54.1 cm³/mol. The quantitative estimate of drug-likeness (QED) is 0.716. The lowest BCUT2D eigenvalue weighted by Gasteiger charge is -2.23. The van der Waals surface area contributed by atoms with E-state index >= 15 is 0 Å². The fourth-order valence-electron chi connectivity index (χ4n) is 2.07. The molecule has 1 aliphatic heterocycles. The van der Waals surface area contributed by atoms with Crippen LogP contribution < -0.4 is 5.32 Å². The van der Waals surface area contributed by atoms with Gasteiger partial charge in [0.2, 0.25) is 0 Å². The zero-order valence-corrected chi connectivity index (χ0v) is 8.98. The van der Waals surface area contributed by atoms with Crippen molar-refractivity contribution in [2.75, 3.05) is 19.8 Å². The van der Waals surface area contributed by atoms with Crippen LogP contribution in [0.1, 0.15) is 32.1 Å². The normalized spacial score (nSPS) is 34.0. The fourth-order valence-corrected chi connectivity index (χ4v) is 2.07. The second-order valence-corrected chi connectivity index (χ2v) is 4.67. The van der Waals surface area contributed by atoms with Gasteiger partial charge < -0.3 is 10.1 Å². The van der Waals surface area contributed by atoms with Crippen molar-refractivity contribution in [2.24, 2.45) is 5.92 Å². The number of piperidine rings is 1. The molecule has 0 bridgehead atoms.